The van der Waals surface area contributed by atoms with Crippen LogP contribution in [0.25, 0.3) is 0 Å². The third kappa shape index (κ3) is 3.63. The van der Waals surface area contributed by atoms with Crippen LogP contribution in [0.2, 0.25) is 5.02 Å². The fourth-order valence-electron chi connectivity index (χ4n) is 1.19. The minimum absolute atomic E-state index is 0.00470. The van der Waals surface area contributed by atoms with Crippen LogP contribution < -0.4 is 5.32 Å². The minimum Gasteiger partial charge on any atom is -0.507 e. The topological polar surface area (TPSA) is 49.3 Å². The summed E-state index contributed by atoms with van der Waals surface area (Å²) in [6.45, 7) is 8.06. The molecule has 3 nitrogen and oxygen atoms in total. The molecule has 2 N–H and O–H groups in total. The van der Waals surface area contributed by atoms with Crippen molar-refractivity contribution in [3.63, 3.8) is 0 Å². The molecule has 0 heterocycles. The van der Waals surface area contributed by atoms with Gasteiger partial charge in [-0.25, -0.2) is 0 Å². The maximum absolute atomic E-state index is 11.9. The van der Waals surface area contributed by atoms with Crippen molar-refractivity contribution in [3.05, 3.63) is 28.8 Å². The molecule has 1 rings (SSSR count). The van der Waals surface area contributed by atoms with Crippen molar-refractivity contribution in [3.8, 4) is 5.75 Å². The lowest BCUT2D eigenvalue weighted by Gasteiger charge is -2.28. The fraction of sp³-hybridized carbons (Fsp3) is 0.462. The molecule has 0 spiro atoms. The number of carbonyl (C=O) groups excluding carboxylic acids is 1. The monoisotopic (exact) mass is 255 g/mol. The molecule has 0 fully saturated rings. The van der Waals surface area contributed by atoms with Crippen molar-refractivity contribution in [2.24, 2.45) is 5.41 Å². The quantitative estimate of drug-likeness (QED) is 0.853. The van der Waals surface area contributed by atoms with Crippen LogP contribution in [0.15, 0.2) is 18.2 Å². The van der Waals surface area contributed by atoms with Gasteiger partial charge in [0.1, 0.15) is 5.75 Å². The number of phenolic OH excluding ortho intramolecular Hbond substituents is 1. The Labute approximate surface area is 107 Å². The Kier molecular flexibility index (Phi) is 4.04. The Morgan fingerprint density at radius 1 is 1.41 bits per heavy atom. The Hall–Kier alpha value is -1.22. The van der Waals surface area contributed by atoms with E-state index in [1.807, 2.05) is 27.7 Å². The summed E-state index contributed by atoms with van der Waals surface area (Å²) in [5.74, 6) is -0.391. The van der Waals surface area contributed by atoms with E-state index in [1.165, 1.54) is 12.1 Å². The average molecular weight is 256 g/mol. The number of nitrogens with one attached hydrogen (secondary N) is 1. The van der Waals surface area contributed by atoms with Crippen LogP contribution in [0.1, 0.15) is 38.1 Å². The van der Waals surface area contributed by atoms with Crippen molar-refractivity contribution in [1.82, 2.24) is 5.32 Å². The van der Waals surface area contributed by atoms with Gasteiger partial charge in [0.25, 0.3) is 5.91 Å². The van der Waals surface area contributed by atoms with Crippen LogP contribution in [0.3, 0.4) is 0 Å². The molecular formula is C13H18ClNO2. The first-order chi connectivity index (χ1) is 7.71. The zero-order chi connectivity index (χ0) is 13.2. The maximum Gasteiger partial charge on any atom is 0.255 e. The van der Waals surface area contributed by atoms with Crippen LogP contribution in [0.5, 0.6) is 5.75 Å². The number of halogens is 1. The molecule has 1 amide bonds. The highest BCUT2D eigenvalue weighted by atomic mass is 35.5. The number of carbonyl (C=O) groups is 1. The van der Waals surface area contributed by atoms with Crippen molar-refractivity contribution < 1.29 is 9.90 Å². The fourth-order valence-corrected chi connectivity index (χ4v) is 1.35. The molecule has 0 radical (unpaired) electrons. The molecule has 0 aromatic heterocycles. The van der Waals surface area contributed by atoms with Crippen LogP contribution >= 0.6 is 11.6 Å². The predicted molar refractivity (Wildman–Crippen MR) is 69.5 cm³/mol. The number of aromatic hydroxyl groups is 1. The minimum atomic E-state index is -0.290. The van der Waals surface area contributed by atoms with Gasteiger partial charge in [0.15, 0.2) is 0 Å². The van der Waals surface area contributed by atoms with Gasteiger partial charge in [-0.1, -0.05) is 32.4 Å². The Balaban J connectivity index is 2.84. The number of hydrogen-bond donors (Lipinski definition) is 2. The molecule has 0 saturated heterocycles. The van der Waals surface area contributed by atoms with E-state index in [0.717, 1.165) is 0 Å². The summed E-state index contributed by atoms with van der Waals surface area (Å²) in [7, 11) is 0. The molecule has 1 aromatic rings. The second kappa shape index (κ2) is 4.96. The van der Waals surface area contributed by atoms with Gasteiger partial charge in [0.2, 0.25) is 0 Å². The first kappa shape index (κ1) is 13.8. The van der Waals surface area contributed by atoms with Gasteiger partial charge < -0.3 is 10.4 Å². The summed E-state index contributed by atoms with van der Waals surface area (Å²) in [5.41, 5.74) is 0.211. The number of amides is 1. The molecule has 0 saturated carbocycles. The summed E-state index contributed by atoms with van der Waals surface area (Å²) < 4.78 is 0. The van der Waals surface area contributed by atoms with Crippen LogP contribution in [0, 0.1) is 5.41 Å². The highest BCUT2D eigenvalue weighted by Crippen LogP contribution is 2.23. The maximum atomic E-state index is 11.9. The van der Waals surface area contributed by atoms with Crippen LogP contribution in [0.4, 0.5) is 0 Å². The lowest BCUT2D eigenvalue weighted by atomic mass is 9.88. The molecule has 1 aromatic carbocycles. The first-order valence-electron chi connectivity index (χ1n) is 5.51. The summed E-state index contributed by atoms with van der Waals surface area (Å²) >= 11 is 5.71. The molecule has 94 valence electrons. The van der Waals surface area contributed by atoms with Gasteiger partial charge in [-0.2, -0.15) is 0 Å². The first-order valence-corrected chi connectivity index (χ1v) is 5.89. The van der Waals surface area contributed by atoms with Gasteiger partial charge in [0, 0.05) is 11.1 Å². The van der Waals surface area contributed by atoms with Crippen molar-refractivity contribution in [1.29, 1.82) is 0 Å². The third-order valence-electron chi connectivity index (χ3n) is 2.85. The van der Waals surface area contributed by atoms with Crippen molar-refractivity contribution >= 4 is 17.5 Å². The lowest BCUT2D eigenvalue weighted by Crippen LogP contribution is -2.41. The standard InChI is InChI=1S/C13H18ClNO2/c1-8(13(2,3)4)15-12(17)10-6-5-9(14)7-11(10)16/h5-8,16H,1-4H3,(H,15,17). The van der Waals surface area contributed by atoms with Crippen molar-refractivity contribution in [2.75, 3.05) is 0 Å². The molecule has 0 aliphatic heterocycles. The van der Waals surface area contributed by atoms with E-state index in [9.17, 15) is 9.90 Å². The van der Waals surface area contributed by atoms with E-state index < -0.39 is 0 Å². The smallest absolute Gasteiger partial charge is 0.255 e. The van der Waals surface area contributed by atoms with E-state index in [1.54, 1.807) is 6.07 Å². The van der Waals surface area contributed by atoms with E-state index in [2.05, 4.69) is 5.32 Å². The molecule has 1 atom stereocenters. The van der Waals surface area contributed by atoms with Crippen LogP contribution in [-0.2, 0) is 0 Å². The molecule has 0 aliphatic carbocycles. The van der Waals surface area contributed by atoms with E-state index >= 15 is 0 Å². The zero-order valence-corrected chi connectivity index (χ0v) is 11.3. The third-order valence-corrected chi connectivity index (χ3v) is 3.09. The van der Waals surface area contributed by atoms with Gasteiger partial charge >= 0.3 is 0 Å². The van der Waals surface area contributed by atoms with Crippen molar-refractivity contribution in [2.45, 2.75) is 33.7 Å². The number of rotatable bonds is 2. The average Bonchev–Trinajstić information content (AvgIpc) is 2.15. The molecular weight excluding hydrogens is 238 g/mol. The second-order valence-electron chi connectivity index (χ2n) is 5.22. The van der Waals surface area contributed by atoms with Gasteiger partial charge in [-0.3, -0.25) is 4.79 Å². The van der Waals surface area contributed by atoms with E-state index in [0.29, 0.717) is 5.02 Å². The number of phenols is 1. The van der Waals surface area contributed by atoms with E-state index in [4.69, 9.17) is 11.6 Å². The second-order valence-corrected chi connectivity index (χ2v) is 5.66. The molecule has 4 heteroatoms. The van der Waals surface area contributed by atoms with Crippen LogP contribution in [-0.4, -0.2) is 17.1 Å². The Morgan fingerprint density at radius 3 is 2.47 bits per heavy atom. The molecule has 0 aliphatic rings. The summed E-state index contributed by atoms with van der Waals surface area (Å²) in [6.07, 6.45) is 0. The van der Waals surface area contributed by atoms with E-state index in [-0.39, 0.29) is 28.7 Å². The molecule has 1 unspecified atom stereocenters. The molecule has 0 bridgehead atoms. The number of hydrogen-bond acceptors (Lipinski definition) is 2. The SMILES string of the molecule is CC(NC(=O)c1ccc(Cl)cc1O)C(C)(C)C. The van der Waals surface area contributed by atoms with Gasteiger partial charge in [-0.15, -0.1) is 0 Å². The summed E-state index contributed by atoms with van der Waals surface area (Å²) in [6, 6.07) is 4.46. The zero-order valence-electron chi connectivity index (χ0n) is 10.5. The molecule has 17 heavy (non-hydrogen) atoms. The highest BCUT2D eigenvalue weighted by Gasteiger charge is 2.23. The largest absolute Gasteiger partial charge is 0.507 e. The highest BCUT2D eigenvalue weighted by molar-refractivity contribution is 6.30. The predicted octanol–water partition coefficient (Wildman–Crippen LogP) is 3.21. The lowest BCUT2D eigenvalue weighted by molar-refractivity contribution is 0.0907. The van der Waals surface area contributed by atoms with Gasteiger partial charge in [-0.05, 0) is 30.5 Å². The van der Waals surface area contributed by atoms with Gasteiger partial charge in [0.05, 0.1) is 5.56 Å². The summed E-state index contributed by atoms with van der Waals surface area (Å²) in [4.78, 5) is 11.9. The Bertz CT molecular complexity index is 424. The number of benzene rings is 1. The summed E-state index contributed by atoms with van der Waals surface area (Å²) in [5, 5.41) is 12.9. The normalized spacial score (nSPS) is 13.2. The Morgan fingerprint density at radius 2 is 2.00 bits per heavy atom.